The van der Waals surface area contributed by atoms with Gasteiger partial charge in [0.2, 0.25) is 11.0 Å². The minimum Gasteiger partial charge on any atom is -0.497 e. The average Bonchev–Trinajstić information content (AvgIpc) is 2.92. The molecule has 0 spiro atoms. The van der Waals surface area contributed by atoms with Crippen molar-refractivity contribution in [1.29, 1.82) is 0 Å². The maximum Gasteiger partial charge on any atom is 0.248 e. The lowest BCUT2D eigenvalue weighted by Gasteiger charge is -2.17. The molecule has 0 aliphatic rings. The summed E-state index contributed by atoms with van der Waals surface area (Å²) in [5.41, 5.74) is 0.708. The van der Waals surface area contributed by atoms with Crippen LogP contribution in [0, 0.1) is 6.92 Å². The fourth-order valence-corrected chi connectivity index (χ4v) is 2.37. The molecule has 0 bridgehead atoms. The van der Waals surface area contributed by atoms with Crippen LogP contribution in [0.3, 0.4) is 0 Å². The molecule has 0 radical (unpaired) electrons. The Balaban J connectivity index is 2.04. The topological polar surface area (TPSA) is 85.4 Å². The van der Waals surface area contributed by atoms with E-state index in [0.29, 0.717) is 22.3 Å². The van der Waals surface area contributed by atoms with Crippen molar-refractivity contribution in [2.45, 2.75) is 19.9 Å². The van der Waals surface area contributed by atoms with Crippen LogP contribution in [-0.2, 0) is 4.79 Å². The van der Waals surface area contributed by atoms with E-state index in [1.165, 1.54) is 11.3 Å². The van der Waals surface area contributed by atoms with Crippen molar-refractivity contribution in [3.05, 3.63) is 23.2 Å². The van der Waals surface area contributed by atoms with Gasteiger partial charge in [-0.25, -0.2) is 0 Å². The first kappa shape index (κ1) is 16.0. The normalized spacial score (nSPS) is 11.6. The van der Waals surface area contributed by atoms with Gasteiger partial charge < -0.3 is 14.8 Å². The summed E-state index contributed by atoms with van der Waals surface area (Å²) >= 11 is 1.33. The minimum absolute atomic E-state index is 0.200. The number of amides is 1. The van der Waals surface area contributed by atoms with Crippen molar-refractivity contribution in [1.82, 2.24) is 10.2 Å². The lowest BCUT2D eigenvalue weighted by atomic mass is 10.2. The summed E-state index contributed by atoms with van der Waals surface area (Å²) in [5, 5.41) is 14.8. The third kappa shape index (κ3) is 3.85. The van der Waals surface area contributed by atoms with Gasteiger partial charge in [0.1, 0.15) is 22.5 Å². The van der Waals surface area contributed by atoms with Crippen molar-refractivity contribution < 1.29 is 14.3 Å². The van der Waals surface area contributed by atoms with Crippen molar-refractivity contribution >= 4 is 28.1 Å². The highest BCUT2D eigenvalue weighted by Crippen LogP contribution is 2.29. The molecular formula is C14H18N4O3S. The van der Waals surface area contributed by atoms with E-state index in [1.54, 1.807) is 39.3 Å². The van der Waals surface area contributed by atoms with E-state index in [2.05, 4.69) is 20.8 Å². The second kappa shape index (κ2) is 7.08. The standard InChI is InChI=1S/C14H18N4O3S/c1-8(13(19)16-14-18-17-9(2)22-14)15-11-6-5-10(20-3)7-12(11)21-4/h5-8,15H,1-4H3,(H,16,18,19)/t8-/m1/s1. The van der Waals surface area contributed by atoms with Gasteiger partial charge in [-0.15, -0.1) is 10.2 Å². The Kier molecular flexibility index (Phi) is 5.16. The fourth-order valence-electron chi connectivity index (χ4n) is 1.78. The number of hydrogen-bond acceptors (Lipinski definition) is 7. The summed E-state index contributed by atoms with van der Waals surface area (Å²) in [6, 6.07) is 4.88. The van der Waals surface area contributed by atoms with Gasteiger partial charge in [0, 0.05) is 6.07 Å². The van der Waals surface area contributed by atoms with Crippen molar-refractivity contribution in [2.75, 3.05) is 24.9 Å². The van der Waals surface area contributed by atoms with E-state index in [-0.39, 0.29) is 5.91 Å². The quantitative estimate of drug-likeness (QED) is 0.849. The first-order valence-corrected chi connectivity index (χ1v) is 7.44. The molecule has 2 N–H and O–H groups in total. The van der Waals surface area contributed by atoms with E-state index < -0.39 is 6.04 Å². The third-order valence-electron chi connectivity index (χ3n) is 2.93. The maximum absolute atomic E-state index is 12.1. The van der Waals surface area contributed by atoms with Crippen molar-refractivity contribution in [3.8, 4) is 11.5 Å². The Morgan fingerprint density at radius 3 is 2.64 bits per heavy atom. The summed E-state index contributed by atoms with van der Waals surface area (Å²) in [5.74, 6) is 1.09. The molecular weight excluding hydrogens is 304 g/mol. The number of anilines is 2. The molecule has 1 aromatic carbocycles. The van der Waals surface area contributed by atoms with Gasteiger partial charge in [-0.2, -0.15) is 0 Å². The summed E-state index contributed by atoms with van der Waals surface area (Å²) < 4.78 is 10.4. The first-order valence-electron chi connectivity index (χ1n) is 6.63. The molecule has 0 aliphatic carbocycles. The van der Waals surface area contributed by atoms with Gasteiger partial charge in [-0.3, -0.25) is 10.1 Å². The molecule has 0 aliphatic heterocycles. The van der Waals surface area contributed by atoms with E-state index in [0.717, 1.165) is 5.01 Å². The molecule has 1 aromatic heterocycles. The summed E-state index contributed by atoms with van der Waals surface area (Å²) in [6.45, 7) is 3.59. The number of ether oxygens (including phenoxy) is 2. The van der Waals surface area contributed by atoms with Gasteiger partial charge in [0.25, 0.3) is 0 Å². The van der Waals surface area contributed by atoms with Crippen LogP contribution < -0.4 is 20.1 Å². The Labute approximate surface area is 132 Å². The van der Waals surface area contributed by atoms with Crippen LogP contribution in [0.5, 0.6) is 11.5 Å². The fraction of sp³-hybridized carbons (Fsp3) is 0.357. The average molecular weight is 322 g/mol. The number of aromatic nitrogens is 2. The molecule has 2 aromatic rings. The van der Waals surface area contributed by atoms with Gasteiger partial charge in [0.05, 0.1) is 19.9 Å². The zero-order valence-corrected chi connectivity index (χ0v) is 13.7. The highest BCUT2D eigenvalue weighted by molar-refractivity contribution is 7.15. The molecule has 0 saturated heterocycles. The van der Waals surface area contributed by atoms with Crippen LogP contribution in [0.1, 0.15) is 11.9 Å². The van der Waals surface area contributed by atoms with Crippen LogP contribution in [0.15, 0.2) is 18.2 Å². The number of nitrogens with zero attached hydrogens (tertiary/aromatic N) is 2. The largest absolute Gasteiger partial charge is 0.497 e. The number of nitrogens with one attached hydrogen (secondary N) is 2. The molecule has 118 valence electrons. The third-order valence-corrected chi connectivity index (χ3v) is 3.68. The van der Waals surface area contributed by atoms with Gasteiger partial charge in [-0.05, 0) is 26.0 Å². The smallest absolute Gasteiger partial charge is 0.248 e. The molecule has 7 nitrogen and oxygen atoms in total. The van der Waals surface area contributed by atoms with Crippen LogP contribution >= 0.6 is 11.3 Å². The van der Waals surface area contributed by atoms with Crippen LogP contribution in [0.25, 0.3) is 0 Å². The predicted octanol–water partition coefficient (Wildman–Crippen LogP) is 2.30. The Hall–Kier alpha value is -2.35. The summed E-state index contributed by atoms with van der Waals surface area (Å²) in [6.07, 6.45) is 0. The van der Waals surface area contributed by atoms with Crippen LogP contribution in [-0.4, -0.2) is 36.4 Å². The summed E-state index contributed by atoms with van der Waals surface area (Å²) in [7, 11) is 3.15. The number of methoxy groups -OCH3 is 2. The number of aryl methyl sites for hydroxylation is 1. The Morgan fingerprint density at radius 1 is 1.27 bits per heavy atom. The van der Waals surface area contributed by atoms with E-state index in [4.69, 9.17) is 9.47 Å². The molecule has 22 heavy (non-hydrogen) atoms. The molecule has 0 saturated carbocycles. The predicted molar refractivity (Wildman–Crippen MR) is 85.9 cm³/mol. The second-order valence-corrected chi connectivity index (χ2v) is 5.73. The van der Waals surface area contributed by atoms with Crippen LogP contribution in [0.4, 0.5) is 10.8 Å². The molecule has 1 heterocycles. The Morgan fingerprint density at radius 2 is 2.05 bits per heavy atom. The lowest BCUT2D eigenvalue weighted by Crippen LogP contribution is -2.32. The zero-order valence-electron chi connectivity index (χ0n) is 12.8. The second-order valence-electron chi connectivity index (χ2n) is 4.55. The molecule has 1 atom stereocenters. The number of carbonyl (C=O) groups is 1. The van der Waals surface area contributed by atoms with Gasteiger partial charge in [-0.1, -0.05) is 11.3 Å². The number of rotatable bonds is 6. The van der Waals surface area contributed by atoms with E-state index in [1.807, 2.05) is 6.92 Å². The highest BCUT2D eigenvalue weighted by Gasteiger charge is 2.16. The SMILES string of the molecule is COc1ccc(N[C@H](C)C(=O)Nc2nnc(C)s2)c(OC)c1. The summed E-state index contributed by atoms with van der Waals surface area (Å²) in [4.78, 5) is 12.1. The van der Waals surface area contributed by atoms with Gasteiger partial charge >= 0.3 is 0 Å². The van der Waals surface area contributed by atoms with Gasteiger partial charge in [0.15, 0.2) is 0 Å². The van der Waals surface area contributed by atoms with Crippen molar-refractivity contribution in [2.24, 2.45) is 0 Å². The molecule has 0 unspecified atom stereocenters. The van der Waals surface area contributed by atoms with Crippen LogP contribution in [0.2, 0.25) is 0 Å². The molecule has 8 heteroatoms. The highest BCUT2D eigenvalue weighted by atomic mass is 32.1. The molecule has 2 rings (SSSR count). The minimum atomic E-state index is -0.466. The van der Waals surface area contributed by atoms with E-state index in [9.17, 15) is 4.79 Å². The van der Waals surface area contributed by atoms with E-state index >= 15 is 0 Å². The molecule has 1 amide bonds. The number of carbonyl (C=O) groups excluding carboxylic acids is 1. The maximum atomic E-state index is 12.1. The first-order chi connectivity index (χ1) is 10.5. The lowest BCUT2D eigenvalue weighted by molar-refractivity contribution is -0.116. The number of benzene rings is 1. The monoisotopic (exact) mass is 322 g/mol. The Bertz CT molecular complexity index is 659. The van der Waals surface area contributed by atoms with Crippen molar-refractivity contribution in [3.63, 3.8) is 0 Å². The number of hydrogen-bond donors (Lipinski definition) is 2. The zero-order chi connectivity index (χ0) is 16.1. The molecule has 0 fully saturated rings.